The number of hydrogen-bond acceptors (Lipinski definition) is 7. The van der Waals surface area contributed by atoms with E-state index in [1.807, 2.05) is 37.3 Å². The summed E-state index contributed by atoms with van der Waals surface area (Å²) in [5.74, 6) is 2.69. The van der Waals surface area contributed by atoms with Gasteiger partial charge in [0.1, 0.15) is 17.2 Å². The second kappa shape index (κ2) is 9.50. The van der Waals surface area contributed by atoms with Crippen molar-refractivity contribution in [3.8, 4) is 27.8 Å². The van der Waals surface area contributed by atoms with Crippen LogP contribution in [0.2, 0.25) is 0 Å². The highest BCUT2D eigenvalue weighted by molar-refractivity contribution is 7.15. The van der Waals surface area contributed by atoms with Gasteiger partial charge in [-0.25, -0.2) is 19.4 Å². The lowest BCUT2D eigenvalue weighted by Gasteiger charge is -2.34. The molecule has 4 heterocycles. The zero-order valence-corrected chi connectivity index (χ0v) is 22.8. The van der Waals surface area contributed by atoms with Gasteiger partial charge in [0, 0.05) is 41.9 Å². The number of thiazole rings is 1. The molecule has 8 nitrogen and oxygen atoms in total. The molecule has 1 saturated heterocycles. The molecule has 192 valence electrons. The van der Waals surface area contributed by atoms with Gasteiger partial charge >= 0.3 is 6.09 Å². The van der Waals surface area contributed by atoms with Crippen LogP contribution in [-0.4, -0.2) is 56.0 Å². The minimum absolute atomic E-state index is 0.207. The van der Waals surface area contributed by atoms with Gasteiger partial charge in [-0.05, 0) is 72.1 Å². The van der Waals surface area contributed by atoms with E-state index >= 15 is 0 Å². The molecule has 0 bridgehead atoms. The first-order valence-corrected chi connectivity index (χ1v) is 13.6. The van der Waals surface area contributed by atoms with Gasteiger partial charge in [0.25, 0.3) is 0 Å². The van der Waals surface area contributed by atoms with Crippen LogP contribution in [0.15, 0.2) is 18.2 Å². The van der Waals surface area contributed by atoms with Gasteiger partial charge in [-0.1, -0.05) is 6.07 Å². The van der Waals surface area contributed by atoms with Crippen LogP contribution >= 0.6 is 11.3 Å². The number of rotatable bonds is 3. The van der Waals surface area contributed by atoms with E-state index in [4.69, 9.17) is 14.5 Å². The molecule has 36 heavy (non-hydrogen) atoms. The van der Waals surface area contributed by atoms with Crippen molar-refractivity contribution in [2.75, 3.05) is 19.7 Å². The Morgan fingerprint density at radius 2 is 2.06 bits per heavy atom. The zero-order valence-electron chi connectivity index (χ0n) is 22.0. The van der Waals surface area contributed by atoms with Crippen molar-refractivity contribution in [2.24, 2.45) is 0 Å². The maximum Gasteiger partial charge on any atom is 0.410 e. The number of carbonyl (C=O) groups is 1. The molecule has 9 heteroatoms. The lowest BCUT2D eigenvalue weighted by Crippen LogP contribution is -2.42. The Morgan fingerprint density at radius 1 is 1.25 bits per heavy atom. The van der Waals surface area contributed by atoms with Gasteiger partial charge in [0.15, 0.2) is 10.8 Å². The van der Waals surface area contributed by atoms with Crippen LogP contribution in [-0.2, 0) is 11.2 Å². The molecular weight excluding hydrogens is 474 g/mol. The fourth-order valence-corrected chi connectivity index (χ4v) is 5.90. The van der Waals surface area contributed by atoms with E-state index in [2.05, 4.69) is 42.1 Å². The first-order valence-electron chi connectivity index (χ1n) is 12.8. The van der Waals surface area contributed by atoms with Crippen molar-refractivity contribution in [3.05, 3.63) is 34.5 Å². The summed E-state index contributed by atoms with van der Waals surface area (Å²) < 4.78 is 13.8. The molecule has 1 unspecified atom stereocenters. The number of amides is 1. The molecule has 1 fully saturated rings. The van der Waals surface area contributed by atoms with Gasteiger partial charge in [-0.2, -0.15) is 5.10 Å². The molecule has 1 aromatic carbocycles. The summed E-state index contributed by atoms with van der Waals surface area (Å²) in [5, 5.41) is 5.46. The van der Waals surface area contributed by atoms with E-state index < -0.39 is 5.60 Å². The summed E-state index contributed by atoms with van der Waals surface area (Å²) in [6, 6.07) is 6.65. The second-order valence-corrected chi connectivity index (χ2v) is 12.0. The third kappa shape index (κ3) is 4.98. The van der Waals surface area contributed by atoms with Gasteiger partial charge in [-0.15, -0.1) is 11.3 Å². The van der Waals surface area contributed by atoms with Crippen molar-refractivity contribution in [2.45, 2.75) is 78.4 Å². The van der Waals surface area contributed by atoms with Crippen LogP contribution in [0.25, 0.3) is 22.1 Å². The third-order valence-electron chi connectivity index (χ3n) is 6.51. The maximum atomic E-state index is 12.7. The van der Waals surface area contributed by atoms with Crippen LogP contribution in [0.3, 0.4) is 0 Å². The Labute approximate surface area is 216 Å². The Hall–Kier alpha value is -2.94. The molecule has 0 spiro atoms. The summed E-state index contributed by atoms with van der Waals surface area (Å²) in [6.07, 6.45) is 2.57. The fraction of sp³-hybridized carbons (Fsp3) is 0.556. The predicted molar refractivity (Wildman–Crippen MR) is 141 cm³/mol. The summed E-state index contributed by atoms with van der Waals surface area (Å²) in [4.78, 5) is 25.4. The molecule has 0 radical (unpaired) electrons. The molecule has 1 amide bonds. The van der Waals surface area contributed by atoms with Crippen molar-refractivity contribution in [3.63, 3.8) is 0 Å². The highest BCUT2D eigenvalue weighted by atomic mass is 32.1. The monoisotopic (exact) mass is 509 g/mol. The summed E-state index contributed by atoms with van der Waals surface area (Å²) >= 11 is 1.68. The van der Waals surface area contributed by atoms with Crippen LogP contribution in [0.5, 0.6) is 5.75 Å². The number of hydrogen-bond donors (Lipinski definition) is 0. The number of likely N-dealkylation sites (tertiary alicyclic amines) is 1. The van der Waals surface area contributed by atoms with Crippen molar-refractivity contribution >= 4 is 17.4 Å². The minimum atomic E-state index is -0.493. The van der Waals surface area contributed by atoms with Gasteiger partial charge < -0.3 is 14.4 Å². The Bertz CT molecular complexity index is 1270. The first-order chi connectivity index (χ1) is 17.1. The zero-order chi connectivity index (χ0) is 25.6. The summed E-state index contributed by atoms with van der Waals surface area (Å²) in [6.45, 7) is 13.8. The van der Waals surface area contributed by atoms with Crippen molar-refractivity contribution in [1.82, 2.24) is 24.6 Å². The van der Waals surface area contributed by atoms with E-state index in [9.17, 15) is 4.79 Å². The van der Waals surface area contributed by atoms with E-state index in [0.717, 1.165) is 59.5 Å². The fourth-order valence-electron chi connectivity index (χ4n) is 4.87. The van der Waals surface area contributed by atoms with Gasteiger partial charge in [0.05, 0.1) is 12.3 Å². The summed E-state index contributed by atoms with van der Waals surface area (Å²) in [7, 11) is 0. The minimum Gasteiger partial charge on any atom is -0.492 e. The summed E-state index contributed by atoms with van der Waals surface area (Å²) in [5.41, 5.74) is 2.69. The van der Waals surface area contributed by atoms with Gasteiger partial charge in [0.2, 0.25) is 0 Å². The standard InChI is InChI=1S/C27H35N5O3S/c1-16(2)32-24(28-17(3)30-32)25-29-23-20-10-9-18(14-21(20)34-13-11-22(23)36-25)19-8-7-12-31(15-19)26(33)35-27(4,5)6/h9-10,14,16,19H,7-8,11-13,15H2,1-6H3. The largest absolute Gasteiger partial charge is 0.492 e. The molecule has 2 aromatic heterocycles. The van der Waals surface area contributed by atoms with E-state index in [1.54, 1.807) is 11.3 Å². The number of aromatic nitrogens is 4. The predicted octanol–water partition coefficient (Wildman–Crippen LogP) is 6.01. The molecule has 1 atom stereocenters. The Kier molecular flexibility index (Phi) is 6.53. The van der Waals surface area contributed by atoms with Crippen molar-refractivity contribution in [1.29, 1.82) is 0 Å². The van der Waals surface area contributed by atoms with Crippen LogP contribution < -0.4 is 4.74 Å². The molecule has 2 aliphatic rings. The number of nitrogens with zero attached hydrogens (tertiary/aromatic N) is 5. The number of carbonyl (C=O) groups excluding carboxylic acids is 1. The first kappa shape index (κ1) is 24.7. The third-order valence-corrected chi connectivity index (χ3v) is 7.62. The lowest BCUT2D eigenvalue weighted by atomic mass is 9.89. The lowest BCUT2D eigenvalue weighted by molar-refractivity contribution is 0.0198. The SMILES string of the molecule is Cc1nc(-c2nc3c(s2)CCOc2cc(C4CCCN(C(=O)OC(C)(C)C)C4)ccc2-3)n(C(C)C)n1. The number of aryl methyl sites for hydroxylation is 1. The van der Waals surface area contributed by atoms with E-state index in [0.29, 0.717) is 13.2 Å². The number of fused-ring (bicyclic) bond motifs is 3. The smallest absolute Gasteiger partial charge is 0.410 e. The Morgan fingerprint density at radius 3 is 2.81 bits per heavy atom. The molecule has 2 aliphatic heterocycles. The highest BCUT2D eigenvalue weighted by Gasteiger charge is 2.30. The highest BCUT2D eigenvalue weighted by Crippen LogP contribution is 2.42. The average molecular weight is 510 g/mol. The van der Waals surface area contributed by atoms with E-state index in [-0.39, 0.29) is 18.1 Å². The maximum absolute atomic E-state index is 12.7. The molecule has 0 saturated carbocycles. The molecule has 0 aliphatic carbocycles. The van der Waals surface area contributed by atoms with Crippen LogP contribution in [0, 0.1) is 6.92 Å². The Balaban J connectivity index is 1.42. The van der Waals surface area contributed by atoms with Crippen LogP contribution in [0.4, 0.5) is 4.79 Å². The number of ether oxygens (including phenoxy) is 2. The molecule has 3 aromatic rings. The molecule has 0 N–H and O–H groups in total. The average Bonchev–Trinajstić information content (AvgIpc) is 3.37. The topological polar surface area (TPSA) is 82.4 Å². The molecule has 5 rings (SSSR count). The second-order valence-electron chi connectivity index (χ2n) is 10.9. The number of benzene rings is 1. The number of piperidine rings is 1. The van der Waals surface area contributed by atoms with E-state index in [1.165, 1.54) is 10.4 Å². The normalized spacial score (nSPS) is 17.9. The van der Waals surface area contributed by atoms with Gasteiger partial charge in [-0.3, -0.25) is 0 Å². The van der Waals surface area contributed by atoms with Crippen LogP contribution in [0.1, 0.15) is 75.7 Å². The molecular formula is C27H35N5O3S. The quantitative estimate of drug-likeness (QED) is 0.430. The van der Waals surface area contributed by atoms with Crippen molar-refractivity contribution < 1.29 is 14.3 Å².